The SMILES string of the molecule is CC1(C)CC(=O)C2=C(C1)O[C@@]1(O)CC(C)(C)CC(=O)[C@]13[C@@H](O)c1cc4ccccc4cc1[C@H]23. The van der Waals surface area contributed by atoms with Gasteiger partial charge in [-0.2, -0.15) is 0 Å². The van der Waals surface area contributed by atoms with Crippen molar-refractivity contribution in [3.05, 3.63) is 58.9 Å². The molecule has 0 radical (unpaired) electrons. The molecule has 1 aliphatic heterocycles. The molecule has 4 atom stereocenters. The number of fused-ring (bicyclic) bond motifs is 4. The van der Waals surface area contributed by atoms with Crippen LogP contribution in [0.4, 0.5) is 0 Å². The highest BCUT2D eigenvalue weighted by molar-refractivity contribution is 6.03. The Morgan fingerprint density at radius 2 is 1.55 bits per heavy atom. The maximum atomic E-state index is 14.0. The van der Waals surface area contributed by atoms with Crippen molar-refractivity contribution in [2.24, 2.45) is 16.2 Å². The molecule has 0 unspecified atom stereocenters. The zero-order valence-corrected chi connectivity index (χ0v) is 19.6. The summed E-state index contributed by atoms with van der Waals surface area (Å²) >= 11 is 0. The zero-order valence-electron chi connectivity index (χ0n) is 19.6. The summed E-state index contributed by atoms with van der Waals surface area (Å²) in [6.45, 7) is 7.92. The van der Waals surface area contributed by atoms with Crippen LogP contribution in [0.2, 0.25) is 0 Å². The monoisotopic (exact) mass is 446 g/mol. The second kappa shape index (κ2) is 6.13. The maximum Gasteiger partial charge on any atom is 0.224 e. The Balaban J connectivity index is 1.70. The van der Waals surface area contributed by atoms with Crippen LogP contribution in [-0.2, 0) is 14.3 Å². The van der Waals surface area contributed by atoms with E-state index in [1.54, 1.807) is 0 Å². The minimum atomic E-state index is -1.90. The fourth-order valence-electron chi connectivity index (χ4n) is 7.22. The molecule has 1 heterocycles. The molecule has 1 saturated carbocycles. The van der Waals surface area contributed by atoms with E-state index in [1.807, 2.05) is 64.1 Å². The number of Topliss-reactive ketones (excluding diaryl/α,β-unsaturated/α-hetero) is 2. The highest BCUT2D eigenvalue weighted by Crippen LogP contribution is 2.71. The molecule has 2 N–H and O–H groups in total. The quantitative estimate of drug-likeness (QED) is 0.612. The van der Waals surface area contributed by atoms with Crippen LogP contribution in [0.1, 0.15) is 76.5 Å². The summed E-state index contributed by atoms with van der Waals surface area (Å²) in [7, 11) is 0. The van der Waals surface area contributed by atoms with Crippen LogP contribution in [0.3, 0.4) is 0 Å². The van der Waals surface area contributed by atoms with Gasteiger partial charge in [0.25, 0.3) is 0 Å². The fourth-order valence-corrected chi connectivity index (χ4v) is 7.22. The van der Waals surface area contributed by atoms with Crippen molar-refractivity contribution in [1.29, 1.82) is 0 Å². The minimum Gasteiger partial charge on any atom is -0.465 e. The van der Waals surface area contributed by atoms with Gasteiger partial charge in [0.1, 0.15) is 17.0 Å². The Morgan fingerprint density at radius 3 is 2.21 bits per heavy atom. The lowest BCUT2D eigenvalue weighted by molar-refractivity contribution is -0.305. The van der Waals surface area contributed by atoms with E-state index in [4.69, 9.17) is 4.74 Å². The fraction of sp³-hybridized carbons (Fsp3) is 0.500. The summed E-state index contributed by atoms with van der Waals surface area (Å²) in [6, 6.07) is 11.7. The van der Waals surface area contributed by atoms with Gasteiger partial charge in [-0.3, -0.25) is 9.59 Å². The molecule has 6 rings (SSSR count). The van der Waals surface area contributed by atoms with Gasteiger partial charge in [0.15, 0.2) is 5.78 Å². The first-order valence-corrected chi connectivity index (χ1v) is 11.8. The number of ether oxygens (including phenoxy) is 1. The molecule has 0 bridgehead atoms. The number of rotatable bonds is 0. The Hall–Kier alpha value is -2.50. The second-order valence-electron chi connectivity index (χ2n) is 12.1. The van der Waals surface area contributed by atoms with Crippen LogP contribution in [-0.4, -0.2) is 27.6 Å². The molecule has 0 saturated heterocycles. The van der Waals surface area contributed by atoms with Gasteiger partial charge in [0.05, 0.1) is 6.10 Å². The molecule has 4 aliphatic rings. The average Bonchev–Trinajstić information content (AvgIpc) is 2.93. The predicted molar refractivity (Wildman–Crippen MR) is 123 cm³/mol. The third-order valence-corrected chi connectivity index (χ3v) is 8.37. The molecule has 2 aromatic rings. The molecular weight excluding hydrogens is 416 g/mol. The third kappa shape index (κ3) is 2.55. The first-order chi connectivity index (χ1) is 15.4. The normalized spacial score (nSPS) is 36.1. The summed E-state index contributed by atoms with van der Waals surface area (Å²) < 4.78 is 6.33. The standard InChI is InChI=1S/C28H30O5/c1-25(2)11-19(29)22-20(12-25)33-27(32)14-26(3,4)13-21(30)28(27)23(22)17-9-15-7-5-6-8-16(15)10-18(17)24(28)31/h5-10,23-24,31-32H,11-14H2,1-4H3/t23-,24+,27+,28+/m1/s1. The van der Waals surface area contributed by atoms with Crippen molar-refractivity contribution < 1.29 is 24.5 Å². The third-order valence-electron chi connectivity index (χ3n) is 8.37. The van der Waals surface area contributed by atoms with Gasteiger partial charge in [-0.1, -0.05) is 58.0 Å². The van der Waals surface area contributed by atoms with E-state index >= 15 is 0 Å². The zero-order chi connectivity index (χ0) is 23.6. The molecule has 1 spiro atoms. The predicted octanol–water partition coefficient (Wildman–Crippen LogP) is 4.71. The molecule has 0 amide bonds. The molecule has 2 aromatic carbocycles. The summed E-state index contributed by atoms with van der Waals surface area (Å²) in [5.41, 5.74) is -0.577. The highest BCUT2D eigenvalue weighted by Gasteiger charge is 2.76. The summed E-state index contributed by atoms with van der Waals surface area (Å²) in [4.78, 5) is 27.6. The van der Waals surface area contributed by atoms with Crippen molar-refractivity contribution in [2.75, 3.05) is 0 Å². The first-order valence-electron chi connectivity index (χ1n) is 11.8. The first kappa shape index (κ1) is 21.1. The van der Waals surface area contributed by atoms with Crippen LogP contribution < -0.4 is 0 Å². The van der Waals surface area contributed by atoms with Crippen LogP contribution in [0.15, 0.2) is 47.7 Å². The van der Waals surface area contributed by atoms with E-state index in [0.29, 0.717) is 29.7 Å². The van der Waals surface area contributed by atoms with Crippen LogP contribution in [0.5, 0.6) is 0 Å². The van der Waals surface area contributed by atoms with Gasteiger partial charge in [0.2, 0.25) is 5.79 Å². The number of benzene rings is 2. The van der Waals surface area contributed by atoms with Gasteiger partial charge in [0, 0.05) is 37.2 Å². The van der Waals surface area contributed by atoms with Crippen molar-refractivity contribution in [3.8, 4) is 0 Å². The molecule has 33 heavy (non-hydrogen) atoms. The van der Waals surface area contributed by atoms with Gasteiger partial charge in [-0.25, -0.2) is 0 Å². The van der Waals surface area contributed by atoms with E-state index in [2.05, 4.69) is 0 Å². The Kier molecular flexibility index (Phi) is 3.91. The lowest BCUT2D eigenvalue weighted by Crippen LogP contribution is -2.66. The number of allylic oxidation sites excluding steroid dienone is 2. The van der Waals surface area contributed by atoms with Crippen molar-refractivity contribution in [1.82, 2.24) is 0 Å². The molecule has 5 nitrogen and oxygen atoms in total. The Morgan fingerprint density at radius 1 is 0.909 bits per heavy atom. The van der Waals surface area contributed by atoms with Gasteiger partial charge < -0.3 is 14.9 Å². The van der Waals surface area contributed by atoms with E-state index in [1.165, 1.54) is 0 Å². The number of ketones is 2. The van der Waals surface area contributed by atoms with E-state index < -0.39 is 28.6 Å². The lowest BCUT2D eigenvalue weighted by Gasteiger charge is -2.58. The summed E-state index contributed by atoms with van der Waals surface area (Å²) in [5, 5.41) is 25.9. The molecule has 3 aliphatic carbocycles. The maximum absolute atomic E-state index is 14.0. The Bertz CT molecular complexity index is 1280. The van der Waals surface area contributed by atoms with Gasteiger partial charge in [-0.15, -0.1) is 0 Å². The number of carbonyl (C=O) groups excluding carboxylic acids is 2. The van der Waals surface area contributed by atoms with Crippen LogP contribution in [0, 0.1) is 16.2 Å². The largest absolute Gasteiger partial charge is 0.465 e. The van der Waals surface area contributed by atoms with Gasteiger partial charge in [-0.05, 0) is 38.8 Å². The smallest absolute Gasteiger partial charge is 0.224 e. The number of hydrogen-bond donors (Lipinski definition) is 2. The second-order valence-corrected chi connectivity index (χ2v) is 12.1. The average molecular weight is 447 g/mol. The van der Waals surface area contributed by atoms with Crippen LogP contribution >= 0.6 is 0 Å². The summed E-state index contributed by atoms with van der Waals surface area (Å²) in [5.74, 6) is -2.42. The summed E-state index contributed by atoms with van der Waals surface area (Å²) in [6.07, 6.45) is 0.0166. The lowest BCUT2D eigenvalue weighted by atomic mass is 9.51. The molecule has 5 heteroatoms. The topological polar surface area (TPSA) is 83.8 Å². The molecule has 0 aromatic heterocycles. The number of aliphatic hydroxyl groups is 2. The highest BCUT2D eigenvalue weighted by atomic mass is 16.6. The number of carbonyl (C=O) groups is 2. The Labute approximate surface area is 193 Å². The molecular formula is C28H30O5. The van der Waals surface area contributed by atoms with E-state index in [-0.39, 0.29) is 29.8 Å². The van der Waals surface area contributed by atoms with E-state index in [0.717, 1.165) is 16.3 Å². The van der Waals surface area contributed by atoms with Crippen LogP contribution in [0.25, 0.3) is 10.8 Å². The molecule has 172 valence electrons. The van der Waals surface area contributed by atoms with Crippen molar-refractivity contribution >= 4 is 22.3 Å². The number of aliphatic hydroxyl groups excluding tert-OH is 1. The molecule has 1 fully saturated rings. The van der Waals surface area contributed by atoms with E-state index in [9.17, 15) is 19.8 Å². The van der Waals surface area contributed by atoms with Crippen molar-refractivity contribution in [3.63, 3.8) is 0 Å². The minimum absolute atomic E-state index is 0.0569. The number of hydrogen-bond acceptors (Lipinski definition) is 5. The van der Waals surface area contributed by atoms with Gasteiger partial charge >= 0.3 is 0 Å². The van der Waals surface area contributed by atoms with Crippen molar-refractivity contribution in [2.45, 2.75) is 71.2 Å².